The van der Waals surface area contributed by atoms with Gasteiger partial charge in [0.05, 0.1) is 12.6 Å². The number of rotatable bonds is 5. The molecule has 0 spiro atoms. The van der Waals surface area contributed by atoms with Gasteiger partial charge in [-0.3, -0.25) is 10.1 Å². The number of carbonyl (C=O) groups is 1. The minimum Gasteiger partial charge on any atom is -0.341 e. The van der Waals surface area contributed by atoms with Crippen LogP contribution in [-0.2, 0) is 17.9 Å². The number of nitrogens with one attached hydrogen (secondary N) is 1. The zero-order chi connectivity index (χ0) is 13.0. The normalized spacial score (nSPS) is 17.1. The van der Waals surface area contributed by atoms with Gasteiger partial charge in [-0.2, -0.15) is 5.10 Å². The summed E-state index contributed by atoms with van der Waals surface area (Å²) in [4.78, 5) is 18.2. The Hall–Kier alpha value is -1.43. The number of aryl methyl sites for hydroxylation is 1. The maximum atomic E-state index is 12.1. The molecule has 18 heavy (non-hydrogen) atoms. The molecule has 6 heteroatoms. The van der Waals surface area contributed by atoms with E-state index in [9.17, 15) is 4.79 Å². The first-order valence-corrected chi connectivity index (χ1v) is 6.61. The van der Waals surface area contributed by atoms with Crippen LogP contribution in [0.1, 0.15) is 32.5 Å². The molecule has 0 aliphatic carbocycles. The molecule has 1 aromatic rings. The predicted octanol–water partition coefficient (Wildman–Crippen LogP) is 0.398. The van der Waals surface area contributed by atoms with E-state index in [1.54, 1.807) is 6.33 Å². The molecule has 1 aliphatic heterocycles. The Morgan fingerprint density at radius 2 is 2.22 bits per heavy atom. The Balaban J connectivity index is 1.84. The zero-order valence-electron chi connectivity index (χ0n) is 11.1. The lowest BCUT2D eigenvalue weighted by Crippen LogP contribution is -2.43. The van der Waals surface area contributed by atoms with Gasteiger partial charge in [-0.1, -0.05) is 0 Å². The van der Waals surface area contributed by atoms with E-state index in [1.807, 2.05) is 23.4 Å². The number of amides is 1. The van der Waals surface area contributed by atoms with E-state index in [0.29, 0.717) is 6.54 Å². The highest BCUT2D eigenvalue weighted by Crippen LogP contribution is 2.09. The fourth-order valence-electron chi connectivity index (χ4n) is 2.23. The molecule has 0 radical (unpaired) electrons. The highest BCUT2D eigenvalue weighted by atomic mass is 16.2. The van der Waals surface area contributed by atoms with Gasteiger partial charge < -0.3 is 4.90 Å². The second kappa shape index (κ2) is 5.95. The summed E-state index contributed by atoms with van der Waals surface area (Å²) >= 11 is 0. The lowest BCUT2D eigenvalue weighted by molar-refractivity contribution is -0.132. The molecular weight excluding hydrogens is 230 g/mol. The second-order valence-electron chi connectivity index (χ2n) is 4.63. The Morgan fingerprint density at radius 1 is 1.50 bits per heavy atom. The van der Waals surface area contributed by atoms with Crippen LogP contribution in [0.4, 0.5) is 0 Å². The summed E-state index contributed by atoms with van der Waals surface area (Å²) in [6.07, 6.45) is 3.80. The molecule has 1 aromatic heterocycles. The smallest absolute Gasteiger partial charge is 0.239 e. The highest BCUT2D eigenvalue weighted by Gasteiger charge is 2.22. The standard InChI is InChI=1S/C12H21N5O/c1-3-17-11(14-9-15-17)8-13-10(2)12(18)16-6-4-5-7-16/h9-10,13H,3-8H2,1-2H3. The molecule has 6 nitrogen and oxygen atoms in total. The van der Waals surface area contributed by atoms with Gasteiger partial charge >= 0.3 is 0 Å². The summed E-state index contributed by atoms with van der Waals surface area (Å²) in [5, 5.41) is 7.33. The van der Waals surface area contributed by atoms with Crippen LogP contribution in [0.25, 0.3) is 0 Å². The topological polar surface area (TPSA) is 63.1 Å². The maximum absolute atomic E-state index is 12.1. The largest absolute Gasteiger partial charge is 0.341 e. The van der Waals surface area contributed by atoms with Gasteiger partial charge in [0.25, 0.3) is 0 Å². The maximum Gasteiger partial charge on any atom is 0.239 e. The number of nitrogens with zero attached hydrogens (tertiary/aromatic N) is 4. The van der Waals surface area contributed by atoms with Crippen LogP contribution >= 0.6 is 0 Å². The third kappa shape index (κ3) is 2.87. The summed E-state index contributed by atoms with van der Waals surface area (Å²) in [5.41, 5.74) is 0. The lowest BCUT2D eigenvalue weighted by atomic mass is 10.3. The quantitative estimate of drug-likeness (QED) is 0.822. The molecule has 2 rings (SSSR count). The van der Waals surface area contributed by atoms with E-state index in [4.69, 9.17) is 0 Å². The average molecular weight is 251 g/mol. The van der Waals surface area contributed by atoms with Crippen LogP contribution in [0, 0.1) is 0 Å². The Morgan fingerprint density at radius 3 is 2.89 bits per heavy atom. The first-order chi connectivity index (χ1) is 8.72. The predicted molar refractivity (Wildman–Crippen MR) is 67.8 cm³/mol. The fraction of sp³-hybridized carbons (Fsp3) is 0.750. The first kappa shape index (κ1) is 13.0. The number of aromatic nitrogens is 3. The first-order valence-electron chi connectivity index (χ1n) is 6.61. The number of hydrogen-bond donors (Lipinski definition) is 1. The average Bonchev–Trinajstić information content (AvgIpc) is 3.05. The SMILES string of the molecule is CCn1ncnc1CNC(C)C(=O)N1CCCC1. The molecule has 1 unspecified atom stereocenters. The molecule has 1 N–H and O–H groups in total. The van der Waals surface area contributed by atoms with E-state index in [2.05, 4.69) is 15.4 Å². The van der Waals surface area contributed by atoms with Crippen molar-refractivity contribution < 1.29 is 4.79 Å². The van der Waals surface area contributed by atoms with E-state index < -0.39 is 0 Å². The molecule has 2 heterocycles. The lowest BCUT2D eigenvalue weighted by Gasteiger charge is -2.21. The molecular formula is C12H21N5O. The van der Waals surface area contributed by atoms with Crippen LogP contribution < -0.4 is 5.32 Å². The van der Waals surface area contributed by atoms with Crippen molar-refractivity contribution in [1.29, 1.82) is 0 Å². The van der Waals surface area contributed by atoms with Gasteiger partial charge in [0.2, 0.25) is 5.91 Å². The van der Waals surface area contributed by atoms with E-state index in [1.165, 1.54) is 0 Å². The van der Waals surface area contributed by atoms with Crippen molar-refractivity contribution in [1.82, 2.24) is 25.0 Å². The van der Waals surface area contributed by atoms with E-state index in [-0.39, 0.29) is 11.9 Å². The van der Waals surface area contributed by atoms with Crippen molar-refractivity contribution in [2.45, 2.75) is 45.8 Å². The summed E-state index contributed by atoms with van der Waals surface area (Å²) in [5.74, 6) is 1.06. The van der Waals surface area contributed by atoms with Crippen molar-refractivity contribution in [2.75, 3.05) is 13.1 Å². The summed E-state index contributed by atoms with van der Waals surface area (Å²) < 4.78 is 1.83. The monoisotopic (exact) mass is 251 g/mol. The van der Waals surface area contributed by atoms with Gasteiger partial charge in [-0.05, 0) is 26.7 Å². The van der Waals surface area contributed by atoms with E-state index >= 15 is 0 Å². The number of hydrogen-bond acceptors (Lipinski definition) is 4. The molecule has 0 bridgehead atoms. The fourth-order valence-corrected chi connectivity index (χ4v) is 2.23. The van der Waals surface area contributed by atoms with Crippen LogP contribution in [-0.4, -0.2) is 44.7 Å². The molecule has 1 atom stereocenters. The Kier molecular flexibility index (Phi) is 4.30. The van der Waals surface area contributed by atoms with Gasteiger partial charge in [0.1, 0.15) is 12.2 Å². The molecule has 100 valence electrons. The minimum absolute atomic E-state index is 0.162. The van der Waals surface area contributed by atoms with Crippen molar-refractivity contribution in [3.63, 3.8) is 0 Å². The van der Waals surface area contributed by atoms with Gasteiger partial charge in [-0.15, -0.1) is 0 Å². The van der Waals surface area contributed by atoms with Crippen LogP contribution in [0.5, 0.6) is 0 Å². The minimum atomic E-state index is -0.162. The van der Waals surface area contributed by atoms with Crippen LogP contribution in [0.15, 0.2) is 6.33 Å². The van der Waals surface area contributed by atoms with Gasteiger partial charge in [0, 0.05) is 19.6 Å². The highest BCUT2D eigenvalue weighted by molar-refractivity contribution is 5.81. The van der Waals surface area contributed by atoms with Gasteiger partial charge in [0.15, 0.2) is 0 Å². The Labute approximate surface area is 107 Å². The van der Waals surface area contributed by atoms with E-state index in [0.717, 1.165) is 38.3 Å². The van der Waals surface area contributed by atoms with Crippen LogP contribution in [0.2, 0.25) is 0 Å². The molecule has 1 amide bonds. The van der Waals surface area contributed by atoms with Crippen molar-refractivity contribution in [3.05, 3.63) is 12.2 Å². The van der Waals surface area contributed by atoms with Gasteiger partial charge in [-0.25, -0.2) is 9.67 Å². The van der Waals surface area contributed by atoms with Crippen molar-refractivity contribution in [3.8, 4) is 0 Å². The zero-order valence-corrected chi connectivity index (χ0v) is 11.1. The molecule has 1 aliphatic rings. The third-order valence-corrected chi connectivity index (χ3v) is 3.35. The number of carbonyl (C=O) groups excluding carboxylic acids is 1. The van der Waals surface area contributed by atoms with Crippen LogP contribution in [0.3, 0.4) is 0 Å². The summed E-state index contributed by atoms with van der Waals surface area (Å²) in [7, 11) is 0. The molecule has 1 saturated heterocycles. The number of likely N-dealkylation sites (tertiary alicyclic amines) is 1. The summed E-state index contributed by atoms with van der Waals surface area (Å²) in [6, 6.07) is -0.162. The Bertz CT molecular complexity index is 397. The van der Waals surface area contributed by atoms with Crippen molar-refractivity contribution >= 4 is 5.91 Å². The van der Waals surface area contributed by atoms with Crippen molar-refractivity contribution in [2.24, 2.45) is 0 Å². The molecule has 0 saturated carbocycles. The molecule has 1 fully saturated rings. The molecule has 0 aromatic carbocycles. The summed E-state index contributed by atoms with van der Waals surface area (Å²) in [6.45, 7) is 7.11. The second-order valence-corrected chi connectivity index (χ2v) is 4.63. The third-order valence-electron chi connectivity index (χ3n) is 3.35.